The summed E-state index contributed by atoms with van der Waals surface area (Å²) in [5.74, 6) is 2.22. The van der Waals surface area contributed by atoms with Crippen molar-refractivity contribution in [2.24, 2.45) is 5.92 Å². The number of nitrogens with zero attached hydrogens (tertiary/aromatic N) is 6. The maximum atomic E-state index is 12.8. The van der Waals surface area contributed by atoms with Gasteiger partial charge >= 0.3 is 0 Å². The van der Waals surface area contributed by atoms with E-state index in [1.807, 2.05) is 18.2 Å². The maximum absolute atomic E-state index is 12.8. The molecule has 2 aliphatic heterocycles. The number of benzene rings is 1. The van der Waals surface area contributed by atoms with Crippen LogP contribution in [0.1, 0.15) is 45.1 Å². The topological polar surface area (TPSA) is 108 Å². The fourth-order valence-electron chi connectivity index (χ4n) is 5.37. The van der Waals surface area contributed by atoms with Crippen LogP contribution in [0.5, 0.6) is 5.75 Å². The lowest BCUT2D eigenvalue weighted by Crippen LogP contribution is -2.38. The number of aromatic nitrogens is 4. The summed E-state index contributed by atoms with van der Waals surface area (Å²) in [4.78, 5) is 17.5. The van der Waals surface area contributed by atoms with Gasteiger partial charge in [-0.3, -0.25) is 4.79 Å². The van der Waals surface area contributed by atoms with Gasteiger partial charge in [-0.25, -0.2) is 0 Å². The monoisotopic (exact) mass is 550 g/mol. The minimum absolute atomic E-state index is 0.00919. The molecule has 2 fully saturated rings. The molecule has 3 aromatic rings. The fraction of sp³-hybridized carbons (Fsp3) is 0.536. The molecule has 2 N–H and O–H groups in total. The van der Waals surface area contributed by atoms with Gasteiger partial charge in [-0.1, -0.05) is 29.5 Å². The number of amides is 1. The van der Waals surface area contributed by atoms with Crippen LogP contribution in [0.25, 0.3) is 0 Å². The summed E-state index contributed by atoms with van der Waals surface area (Å²) >= 11 is 1.38. The summed E-state index contributed by atoms with van der Waals surface area (Å²) in [5, 5.41) is 24.3. The highest BCUT2D eigenvalue weighted by Crippen LogP contribution is 2.26. The maximum Gasteiger partial charge on any atom is 0.226 e. The minimum Gasteiger partial charge on any atom is -0.491 e. The van der Waals surface area contributed by atoms with Gasteiger partial charge in [0.05, 0.1) is 6.10 Å². The van der Waals surface area contributed by atoms with Crippen LogP contribution in [0.4, 0.5) is 16.1 Å². The third-order valence-corrected chi connectivity index (χ3v) is 7.95. The average molecular weight is 551 g/mol. The molecule has 2 aliphatic rings. The average Bonchev–Trinajstić information content (AvgIpc) is 3.58. The van der Waals surface area contributed by atoms with Crippen LogP contribution in [-0.2, 0) is 11.2 Å². The second-order valence-corrected chi connectivity index (χ2v) is 11.6. The zero-order chi connectivity index (χ0) is 27.0. The van der Waals surface area contributed by atoms with E-state index in [1.165, 1.54) is 16.9 Å². The van der Waals surface area contributed by atoms with Crippen molar-refractivity contribution in [3.8, 4) is 5.75 Å². The molecule has 2 aromatic heterocycles. The molecule has 2 atom stereocenters. The normalized spacial score (nSPS) is 19.8. The number of piperidine rings is 1. The summed E-state index contributed by atoms with van der Waals surface area (Å²) < 4.78 is 5.98. The van der Waals surface area contributed by atoms with Gasteiger partial charge < -0.3 is 25.2 Å². The van der Waals surface area contributed by atoms with Crippen LogP contribution in [0.15, 0.2) is 42.6 Å². The Hall–Kier alpha value is -3.31. The number of carbonyl (C=O) groups is 1. The zero-order valence-corrected chi connectivity index (χ0v) is 23.6. The summed E-state index contributed by atoms with van der Waals surface area (Å²) in [6, 6.07) is 12.4. The molecule has 0 saturated carbocycles. The number of nitrogens with one attached hydrogen (secondary N) is 2. The minimum atomic E-state index is 0.00919. The molecule has 10 nitrogen and oxygen atoms in total. The van der Waals surface area contributed by atoms with E-state index in [9.17, 15) is 4.79 Å². The molecule has 208 valence electrons. The Bertz CT molecular complexity index is 1210. The highest BCUT2D eigenvalue weighted by Gasteiger charge is 2.25. The number of anilines is 3. The molecule has 1 amide bonds. The highest BCUT2D eigenvalue weighted by atomic mass is 32.1. The molecule has 0 aliphatic carbocycles. The van der Waals surface area contributed by atoms with E-state index >= 15 is 0 Å². The van der Waals surface area contributed by atoms with Gasteiger partial charge in [-0.15, -0.1) is 15.3 Å². The van der Waals surface area contributed by atoms with Crippen molar-refractivity contribution >= 4 is 33.3 Å². The lowest BCUT2D eigenvalue weighted by molar-refractivity contribution is -0.117. The summed E-state index contributed by atoms with van der Waals surface area (Å²) in [6.45, 7) is 8.84. The third kappa shape index (κ3) is 7.86. The first-order valence-corrected chi connectivity index (χ1v) is 14.7. The first kappa shape index (κ1) is 27.3. The molecule has 2 saturated heterocycles. The zero-order valence-electron chi connectivity index (χ0n) is 22.8. The Morgan fingerprint density at radius 1 is 1.08 bits per heavy atom. The van der Waals surface area contributed by atoms with Gasteiger partial charge in [0.25, 0.3) is 0 Å². The van der Waals surface area contributed by atoms with Crippen LogP contribution in [-0.4, -0.2) is 76.1 Å². The quantitative estimate of drug-likeness (QED) is 0.365. The number of hydrogen-bond acceptors (Lipinski definition) is 10. The number of rotatable bonds is 11. The first-order chi connectivity index (χ1) is 19.0. The number of para-hydroxylation sites is 1. The van der Waals surface area contributed by atoms with E-state index < -0.39 is 0 Å². The Balaban J connectivity index is 1.05. The Labute approximate surface area is 234 Å². The number of hydrogen-bond donors (Lipinski definition) is 2. The second kappa shape index (κ2) is 13.2. The van der Waals surface area contributed by atoms with E-state index in [0.717, 1.165) is 75.1 Å². The Morgan fingerprint density at radius 3 is 2.79 bits per heavy atom. The molecular formula is C28H38N8O2S. The standard InChI is InChI=1S/C28H38N8O2S/c1-20(2)38-24-9-4-3-8-22(24)11-15-35-14-6-7-21(18-35)17-26(37)31-28-34-33-27(39-28)30-23-12-16-36(19-23)25-10-5-13-29-32-25/h3-5,8-10,13,20-21,23H,6-7,11-12,14-19H2,1-2H3,(H,30,33)(H,31,34,37)/t21-,23-/m1/s1. The molecule has 0 radical (unpaired) electrons. The summed E-state index contributed by atoms with van der Waals surface area (Å²) in [6.07, 6.45) is 6.45. The van der Waals surface area contributed by atoms with Crippen molar-refractivity contribution in [1.82, 2.24) is 25.3 Å². The number of carbonyl (C=O) groups excluding carboxylic acids is 1. The van der Waals surface area contributed by atoms with Crippen LogP contribution < -0.4 is 20.3 Å². The van der Waals surface area contributed by atoms with Gasteiger partial charge in [0.2, 0.25) is 16.2 Å². The highest BCUT2D eigenvalue weighted by molar-refractivity contribution is 7.19. The SMILES string of the molecule is CC(C)Oc1ccccc1CCN1CCC[C@H](CC(=O)Nc2nnc(N[C@@H]3CCN(c4cccnn4)C3)s2)C1. The van der Waals surface area contributed by atoms with Crippen molar-refractivity contribution < 1.29 is 9.53 Å². The largest absolute Gasteiger partial charge is 0.491 e. The third-order valence-electron chi connectivity index (χ3n) is 7.18. The summed E-state index contributed by atoms with van der Waals surface area (Å²) in [7, 11) is 0. The van der Waals surface area contributed by atoms with Crippen LogP contribution in [0.3, 0.4) is 0 Å². The van der Waals surface area contributed by atoms with Crippen molar-refractivity contribution in [3.63, 3.8) is 0 Å². The van der Waals surface area contributed by atoms with Crippen molar-refractivity contribution in [1.29, 1.82) is 0 Å². The van der Waals surface area contributed by atoms with E-state index in [4.69, 9.17) is 4.74 Å². The van der Waals surface area contributed by atoms with Gasteiger partial charge in [-0.05, 0) is 75.8 Å². The van der Waals surface area contributed by atoms with Crippen molar-refractivity contribution in [2.75, 3.05) is 48.3 Å². The molecule has 1 aromatic carbocycles. The number of likely N-dealkylation sites (tertiary alicyclic amines) is 1. The van der Waals surface area contributed by atoms with E-state index in [-0.39, 0.29) is 18.1 Å². The summed E-state index contributed by atoms with van der Waals surface area (Å²) in [5.41, 5.74) is 1.24. The molecular weight excluding hydrogens is 512 g/mol. The molecule has 5 rings (SSSR count). The second-order valence-electron chi connectivity index (χ2n) is 10.7. The molecule has 11 heteroatoms. The molecule has 0 unspecified atom stereocenters. The van der Waals surface area contributed by atoms with E-state index in [1.54, 1.807) is 6.20 Å². The van der Waals surface area contributed by atoms with Crippen LogP contribution in [0.2, 0.25) is 0 Å². The smallest absolute Gasteiger partial charge is 0.226 e. The fourth-order valence-corrected chi connectivity index (χ4v) is 6.10. The van der Waals surface area contributed by atoms with Crippen molar-refractivity contribution in [2.45, 2.75) is 58.1 Å². The van der Waals surface area contributed by atoms with Gasteiger partial charge in [-0.2, -0.15) is 5.10 Å². The lowest BCUT2D eigenvalue weighted by atomic mass is 9.94. The molecule has 39 heavy (non-hydrogen) atoms. The Morgan fingerprint density at radius 2 is 1.95 bits per heavy atom. The molecule has 4 heterocycles. The van der Waals surface area contributed by atoms with Crippen LogP contribution in [0, 0.1) is 5.92 Å². The van der Waals surface area contributed by atoms with Gasteiger partial charge in [0.15, 0.2) is 5.82 Å². The molecule has 0 spiro atoms. The van der Waals surface area contributed by atoms with Gasteiger partial charge in [0.1, 0.15) is 5.75 Å². The van der Waals surface area contributed by atoms with Gasteiger partial charge in [0, 0.05) is 44.8 Å². The first-order valence-electron chi connectivity index (χ1n) is 13.9. The predicted octanol–water partition coefficient (Wildman–Crippen LogP) is 4.09. The van der Waals surface area contributed by atoms with Crippen molar-refractivity contribution in [3.05, 3.63) is 48.2 Å². The lowest BCUT2D eigenvalue weighted by Gasteiger charge is -2.32. The predicted molar refractivity (Wildman–Crippen MR) is 155 cm³/mol. The van der Waals surface area contributed by atoms with Crippen LogP contribution >= 0.6 is 11.3 Å². The molecule has 0 bridgehead atoms. The van der Waals surface area contributed by atoms with E-state index in [0.29, 0.717) is 17.5 Å². The number of ether oxygens (including phenoxy) is 1. The van der Waals surface area contributed by atoms with E-state index in [2.05, 4.69) is 72.9 Å². The Kier molecular flexibility index (Phi) is 9.20.